The number of carbonyl (C=O) groups is 1. The first-order valence-corrected chi connectivity index (χ1v) is 4.34. The van der Waals surface area contributed by atoms with Crippen LogP contribution in [0.15, 0.2) is 24.3 Å². The van der Waals surface area contributed by atoms with E-state index in [4.69, 9.17) is 5.73 Å². The smallest absolute Gasteiger partial charge is 0.314 e. The van der Waals surface area contributed by atoms with Crippen LogP contribution in [0.25, 0.3) is 0 Å². The Balaban J connectivity index is 2.46. The van der Waals surface area contributed by atoms with Gasteiger partial charge in [-0.05, 0) is 24.1 Å². The van der Waals surface area contributed by atoms with Gasteiger partial charge in [0, 0.05) is 13.6 Å². The van der Waals surface area contributed by atoms with Gasteiger partial charge in [-0.1, -0.05) is 12.1 Å². The van der Waals surface area contributed by atoms with E-state index < -0.39 is 6.03 Å². The van der Waals surface area contributed by atoms with Gasteiger partial charge in [-0.25, -0.2) is 9.18 Å². The third-order valence-corrected chi connectivity index (χ3v) is 2.03. The molecule has 0 radical (unpaired) electrons. The van der Waals surface area contributed by atoms with Crippen LogP contribution in [0.4, 0.5) is 9.18 Å². The zero-order valence-corrected chi connectivity index (χ0v) is 8.03. The molecule has 0 aliphatic carbocycles. The third kappa shape index (κ3) is 3.05. The molecule has 0 atom stereocenters. The van der Waals surface area contributed by atoms with Crippen LogP contribution in [0, 0.1) is 5.82 Å². The van der Waals surface area contributed by atoms with Gasteiger partial charge in [0.1, 0.15) is 5.82 Å². The molecule has 14 heavy (non-hydrogen) atoms. The molecular formula is C10H13FN2O. The van der Waals surface area contributed by atoms with Gasteiger partial charge in [0.25, 0.3) is 0 Å². The predicted molar refractivity (Wildman–Crippen MR) is 52.3 cm³/mol. The summed E-state index contributed by atoms with van der Waals surface area (Å²) < 4.78 is 12.5. The van der Waals surface area contributed by atoms with Crippen molar-refractivity contribution in [3.8, 4) is 0 Å². The summed E-state index contributed by atoms with van der Waals surface area (Å²) in [6.45, 7) is 0.543. The molecule has 0 aromatic heterocycles. The zero-order chi connectivity index (χ0) is 10.6. The number of rotatable bonds is 3. The van der Waals surface area contributed by atoms with Crippen molar-refractivity contribution in [2.75, 3.05) is 13.6 Å². The van der Waals surface area contributed by atoms with Gasteiger partial charge >= 0.3 is 6.03 Å². The summed E-state index contributed by atoms with van der Waals surface area (Å²) in [6.07, 6.45) is 0.680. The molecule has 1 rings (SSSR count). The molecule has 0 aliphatic rings. The minimum Gasteiger partial charge on any atom is -0.351 e. The third-order valence-electron chi connectivity index (χ3n) is 2.03. The Bertz CT molecular complexity index is 310. The van der Waals surface area contributed by atoms with Crippen LogP contribution in [-0.2, 0) is 6.42 Å². The summed E-state index contributed by atoms with van der Waals surface area (Å²) >= 11 is 0. The fraction of sp³-hybridized carbons (Fsp3) is 0.300. The molecule has 0 fully saturated rings. The normalized spacial score (nSPS) is 9.86. The number of benzene rings is 1. The lowest BCUT2D eigenvalue weighted by Crippen LogP contribution is -2.33. The number of halogens is 1. The second-order valence-electron chi connectivity index (χ2n) is 3.14. The molecule has 0 saturated carbocycles. The topological polar surface area (TPSA) is 46.3 Å². The Kier molecular flexibility index (Phi) is 3.45. The molecule has 1 aromatic carbocycles. The molecular weight excluding hydrogens is 183 g/mol. The minimum atomic E-state index is -0.452. The largest absolute Gasteiger partial charge is 0.351 e. The summed E-state index contributed by atoms with van der Waals surface area (Å²) in [5.41, 5.74) is 6.04. The molecule has 0 saturated heterocycles. The summed E-state index contributed by atoms with van der Waals surface area (Å²) in [6, 6.07) is 5.75. The lowest BCUT2D eigenvalue weighted by atomic mass is 10.1. The first kappa shape index (κ1) is 10.5. The van der Waals surface area contributed by atoms with Crippen molar-refractivity contribution in [1.82, 2.24) is 4.90 Å². The Morgan fingerprint density at radius 1 is 1.43 bits per heavy atom. The average Bonchev–Trinajstić information content (AvgIpc) is 2.16. The highest BCUT2D eigenvalue weighted by atomic mass is 19.1. The van der Waals surface area contributed by atoms with E-state index in [1.807, 2.05) is 0 Å². The van der Waals surface area contributed by atoms with E-state index in [2.05, 4.69) is 0 Å². The number of hydrogen-bond acceptors (Lipinski definition) is 1. The highest BCUT2D eigenvalue weighted by Crippen LogP contribution is 2.03. The highest BCUT2D eigenvalue weighted by molar-refractivity contribution is 5.71. The van der Waals surface area contributed by atoms with Gasteiger partial charge in [0.05, 0.1) is 0 Å². The molecule has 0 bridgehead atoms. The fourth-order valence-corrected chi connectivity index (χ4v) is 1.06. The minimum absolute atomic E-state index is 0.253. The van der Waals surface area contributed by atoms with E-state index in [1.54, 1.807) is 19.2 Å². The van der Waals surface area contributed by atoms with Crippen molar-refractivity contribution in [3.05, 3.63) is 35.6 Å². The Morgan fingerprint density at radius 3 is 2.50 bits per heavy atom. The predicted octanol–water partition coefficient (Wildman–Crippen LogP) is 1.38. The monoisotopic (exact) mass is 196 g/mol. The van der Waals surface area contributed by atoms with E-state index in [0.717, 1.165) is 5.56 Å². The average molecular weight is 196 g/mol. The molecule has 3 nitrogen and oxygen atoms in total. The van der Waals surface area contributed by atoms with Crippen LogP contribution in [0.5, 0.6) is 0 Å². The van der Waals surface area contributed by atoms with Gasteiger partial charge < -0.3 is 10.6 Å². The SMILES string of the molecule is CN(CCc1ccc(F)cc1)C(N)=O. The van der Waals surface area contributed by atoms with E-state index in [9.17, 15) is 9.18 Å². The molecule has 2 amide bonds. The maximum Gasteiger partial charge on any atom is 0.314 e. The van der Waals surface area contributed by atoms with Gasteiger partial charge in [-0.3, -0.25) is 0 Å². The fourth-order valence-electron chi connectivity index (χ4n) is 1.06. The number of nitrogens with zero attached hydrogens (tertiary/aromatic N) is 1. The number of urea groups is 1. The number of nitrogens with two attached hydrogens (primary N) is 1. The van der Waals surface area contributed by atoms with Crippen LogP contribution >= 0.6 is 0 Å². The molecule has 2 N–H and O–H groups in total. The van der Waals surface area contributed by atoms with E-state index in [-0.39, 0.29) is 5.82 Å². The van der Waals surface area contributed by atoms with Gasteiger partial charge in [0.15, 0.2) is 0 Å². The van der Waals surface area contributed by atoms with Crippen LogP contribution in [0.3, 0.4) is 0 Å². The van der Waals surface area contributed by atoms with Crippen molar-refractivity contribution in [2.24, 2.45) is 5.73 Å². The molecule has 0 unspecified atom stereocenters. The van der Waals surface area contributed by atoms with Crippen molar-refractivity contribution in [1.29, 1.82) is 0 Å². The zero-order valence-electron chi connectivity index (χ0n) is 8.03. The number of carbonyl (C=O) groups excluding carboxylic acids is 1. The Morgan fingerprint density at radius 2 is 2.00 bits per heavy atom. The number of likely N-dealkylation sites (N-methyl/N-ethyl adjacent to an activating group) is 1. The second kappa shape index (κ2) is 4.60. The van der Waals surface area contributed by atoms with Gasteiger partial charge in [-0.2, -0.15) is 0 Å². The maximum absolute atomic E-state index is 12.5. The first-order chi connectivity index (χ1) is 6.59. The van der Waals surface area contributed by atoms with Crippen molar-refractivity contribution in [3.63, 3.8) is 0 Å². The van der Waals surface area contributed by atoms with Gasteiger partial charge in [0.2, 0.25) is 0 Å². The van der Waals surface area contributed by atoms with Crippen molar-refractivity contribution in [2.45, 2.75) is 6.42 Å². The van der Waals surface area contributed by atoms with E-state index in [1.165, 1.54) is 17.0 Å². The molecule has 0 spiro atoms. The first-order valence-electron chi connectivity index (χ1n) is 4.34. The summed E-state index contributed by atoms with van der Waals surface area (Å²) in [7, 11) is 1.63. The van der Waals surface area contributed by atoms with E-state index >= 15 is 0 Å². The van der Waals surface area contributed by atoms with Crippen LogP contribution in [0.1, 0.15) is 5.56 Å². The van der Waals surface area contributed by atoms with Crippen LogP contribution < -0.4 is 5.73 Å². The lowest BCUT2D eigenvalue weighted by Gasteiger charge is -2.13. The summed E-state index contributed by atoms with van der Waals surface area (Å²) in [5.74, 6) is -0.253. The molecule has 76 valence electrons. The van der Waals surface area contributed by atoms with Crippen LogP contribution in [-0.4, -0.2) is 24.5 Å². The lowest BCUT2D eigenvalue weighted by molar-refractivity contribution is 0.219. The quantitative estimate of drug-likeness (QED) is 0.780. The molecule has 0 aliphatic heterocycles. The van der Waals surface area contributed by atoms with Crippen molar-refractivity contribution >= 4 is 6.03 Å². The Hall–Kier alpha value is -1.58. The second-order valence-corrected chi connectivity index (χ2v) is 3.14. The van der Waals surface area contributed by atoms with E-state index in [0.29, 0.717) is 13.0 Å². The number of primary amides is 1. The molecule has 1 aromatic rings. The Labute approximate surface area is 82.3 Å². The molecule has 0 heterocycles. The number of hydrogen-bond donors (Lipinski definition) is 1. The maximum atomic E-state index is 12.5. The standard InChI is InChI=1S/C10H13FN2O/c1-13(10(12)14)7-6-8-2-4-9(11)5-3-8/h2-5H,6-7H2,1H3,(H2,12,14). The highest BCUT2D eigenvalue weighted by Gasteiger charge is 2.02. The summed E-state index contributed by atoms with van der Waals surface area (Å²) in [5, 5.41) is 0. The van der Waals surface area contributed by atoms with Gasteiger partial charge in [-0.15, -0.1) is 0 Å². The number of amides is 2. The van der Waals surface area contributed by atoms with Crippen molar-refractivity contribution < 1.29 is 9.18 Å². The molecule has 4 heteroatoms. The summed E-state index contributed by atoms with van der Waals surface area (Å²) in [4.78, 5) is 12.1. The van der Waals surface area contributed by atoms with Crippen LogP contribution in [0.2, 0.25) is 0 Å².